The van der Waals surface area contributed by atoms with Crippen LogP contribution in [-0.2, 0) is 4.79 Å². The summed E-state index contributed by atoms with van der Waals surface area (Å²) in [5.41, 5.74) is 0.841. The number of halogens is 3. The van der Waals surface area contributed by atoms with Crippen LogP contribution in [0.4, 0.5) is 18.9 Å². The number of hydrogen-bond acceptors (Lipinski definition) is 3. The summed E-state index contributed by atoms with van der Waals surface area (Å²) >= 11 is 0. The number of likely N-dealkylation sites (tertiary alicyclic amines) is 1. The quantitative estimate of drug-likeness (QED) is 0.895. The average molecular weight is 327 g/mol. The van der Waals surface area contributed by atoms with Crippen molar-refractivity contribution in [2.75, 3.05) is 25.0 Å². The molecule has 2 aliphatic heterocycles. The van der Waals surface area contributed by atoms with Crippen molar-refractivity contribution < 1.29 is 18.0 Å². The van der Waals surface area contributed by atoms with Crippen LogP contribution in [0.5, 0.6) is 0 Å². The molecule has 1 amide bonds. The zero-order valence-electron chi connectivity index (χ0n) is 12.7. The number of rotatable bonds is 3. The van der Waals surface area contributed by atoms with E-state index in [0.717, 1.165) is 18.5 Å². The second-order valence-electron chi connectivity index (χ2n) is 6.24. The van der Waals surface area contributed by atoms with Crippen LogP contribution in [0.25, 0.3) is 0 Å². The van der Waals surface area contributed by atoms with Crippen LogP contribution in [0, 0.1) is 5.82 Å². The van der Waals surface area contributed by atoms with Gasteiger partial charge in [0.2, 0.25) is 5.91 Å². The number of amides is 1. The van der Waals surface area contributed by atoms with E-state index in [1.54, 1.807) is 17.0 Å². The third-order valence-corrected chi connectivity index (χ3v) is 4.43. The van der Waals surface area contributed by atoms with Crippen molar-refractivity contribution in [3.63, 3.8) is 0 Å². The highest BCUT2D eigenvalue weighted by atomic mass is 19.3. The Labute approximate surface area is 133 Å². The number of nitrogens with zero attached hydrogens (tertiary/aromatic N) is 1. The third kappa shape index (κ3) is 3.96. The zero-order chi connectivity index (χ0) is 16.4. The fraction of sp³-hybridized carbons (Fsp3) is 0.562. The molecule has 3 rings (SSSR count). The van der Waals surface area contributed by atoms with E-state index in [1.165, 1.54) is 12.1 Å². The first-order valence-corrected chi connectivity index (χ1v) is 7.85. The predicted molar refractivity (Wildman–Crippen MR) is 81.0 cm³/mol. The number of benzene rings is 1. The monoisotopic (exact) mass is 327 g/mol. The molecular formula is C16H20F3N3O. The van der Waals surface area contributed by atoms with Crippen molar-refractivity contribution in [1.82, 2.24) is 10.2 Å². The Hall–Kier alpha value is -1.76. The van der Waals surface area contributed by atoms with Crippen LogP contribution in [0.1, 0.15) is 19.3 Å². The highest BCUT2D eigenvalue weighted by Gasteiger charge is 2.43. The number of hydrogen-bond donors (Lipinski definition) is 2. The maximum absolute atomic E-state index is 13.2. The summed E-state index contributed by atoms with van der Waals surface area (Å²) in [5.74, 6) is -3.30. The number of anilines is 1. The van der Waals surface area contributed by atoms with Crippen LogP contribution >= 0.6 is 0 Å². The molecule has 0 radical (unpaired) electrons. The minimum Gasteiger partial charge on any atom is -0.382 e. The fourth-order valence-corrected chi connectivity index (χ4v) is 3.14. The molecule has 1 atom stereocenters. The molecule has 4 nitrogen and oxygen atoms in total. The smallest absolute Gasteiger partial charge is 0.262 e. The number of piperidine rings is 1. The minimum atomic E-state index is -2.79. The van der Waals surface area contributed by atoms with Crippen LogP contribution in [0.15, 0.2) is 24.3 Å². The highest BCUT2D eigenvalue weighted by Crippen LogP contribution is 2.27. The number of carbonyl (C=O) groups excluding carboxylic acids is 1. The van der Waals surface area contributed by atoms with Crippen molar-refractivity contribution in [3.8, 4) is 0 Å². The molecule has 1 aromatic carbocycles. The molecule has 2 N–H and O–H groups in total. The Morgan fingerprint density at radius 2 is 1.87 bits per heavy atom. The summed E-state index contributed by atoms with van der Waals surface area (Å²) in [4.78, 5) is 13.9. The third-order valence-electron chi connectivity index (χ3n) is 4.43. The van der Waals surface area contributed by atoms with Crippen molar-refractivity contribution in [3.05, 3.63) is 30.1 Å². The molecule has 0 aromatic heterocycles. The van der Waals surface area contributed by atoms with E-state index in [-0.39, 0.29) is 17.8 Å². The molecule has 2 saturated heterocycles. The second kappa shape index (κ2) is 6.39. The van der Waals surface area contributed by atoms with E-state index in [9.17, 15) is 18.0 Å². The lowest BCUT2D eigenvalue weighted by molar-refractivity contribution is -0.134. The first-order valence-electron chi connectivity index (χ1n) is 7.85. The van der Waals surface area contributed by atoms with Crippen molar-refractivity contribution >= 4 is 11.6 Å². The molecule has 0 spiro atoms. The molecule has 1 aromatic rings. The Kier molecular flexibility index (Phi) is 4.48. The molecule has 126 valence electrons. The zero-order valence-corrected chi connectivity index (χ0v) is 12.7. The highest BCUT2D eigenvalue weighted by molar-refractivity contribution is 5.82. The molecule has 7 heteroatoms. The van der Waals surface area contributed by atoms with E-state index in [4.69, 9.17) is 0 Å². The van der Waals surface area contributed by atoms with Gasteiger partial charge in [0, 0.05) is 31.2 Å². The summed E-state index contributed by atoms with van der Waals surface area (Å²) in [6.07, 6.45) is 1.07. The van der Waals surface area contributed by atoms with Gasteiger partial charge in [0.05, 0.1) is 12.6 Å². The lowest BCUT2D eigenvalue weighted by atomic mass is 10.0. The summed E-state index contributed by atoms with van der Waals surface area (Å²) in [5, 5.41) is 5.92. The van der Waals surface area contributed by atoms with Crippen molar-refractivity contribution in [2.24, 2.45) is 0 Å². The molecule has 23 heavy (non-hydrogen) atoms. The average Bonchev–Trinajstić information content (AvgIpc) is 2.90. The molecule has 0 bridgehead atoms. The summed E-state index contributed by atoms with van der Waals surface area (Å²) < 4.78 is 39.2. The van der Waals surface area contributed by atoms with Gasteiger partial charge in [-0.05, 0) is 37.1 Å². The molecule has 1 unspecified atom stereocenters. The van der Waals surface area contributed by atoms with Gasteiger partial charge in [0.1, 0.15) is 5.82 Å². The van der Waals surface area contributed by atoms with Crippen LogP contribution in [0.2, 0.25) is 0 Å². The Bertz CT molecular complexity index is 556. The topological polar surface area (TPSA) is 44.4 Å². The van der Waals surface area contributed by atoms with Gasteiger partial charge in [0.25, 0.3) is 5.92 Å². The Morgan fingerprint density at radius 1 is 1.22 bits per heavy atom. The van der Waals surface area contributed by atoms with Gasteiger partial charge in [-0.25, -0.2) is 13.2 Å². The SMILES string of the molecule is O=C(C1CC(F)(F)CN1)N1CCC(Nc2ccc(F)cc2)CC1. The van der Waals surface area contributed by atoms with E-state index < -0.39 is 24.9 Å². The first kappa shape index (κ1) is 16.1. The lowest BCUT2D eigenvalue weighted by Gasteiger charge is -2.34. The van der Waals surface area contributed by atoms with E-state index in [1.807, 2.05) is 0 Å². The van der Waals surface area contributed by atoms with Crippen LogP contribution < -0.4 is 10.6 Å². The van der Waals surface area contributed by atoms with Gasteiger partial charge in [-0.1, -0.05) is 0 Å². The largest absolute Gasteiger partial charge is 0.382 e. The Balaban J connectivity index is 1.48. The van der Waals surface area contributed by atoms with Crippen LogP contribution in [-0.4, -0.2) is 48.4 Å². The molecule has 2 heterocycles. The number of carbonyl (C=O) groups is 1. The normalized spacial score (nSPS) is 24.7. The summed E-state index contributed by atoms with van der Waals surface area (Å²) in [6.45, 7) is 0.662. The summed E-state index contributed by atoms with van der Waals surface area (Å²) in [6, 6.07) is 5.57. The standard InChI is InChI=1S/C16H20F3N3O/c17-11-1-3-12(4-2-11)21-13-5-7-22(8-6-13)15(23)14-9-16(18,19)10-20-14/h1-4,13-14,20-21H,5-10H2. The fourth-order valence-electron chi connectivity index (χ4n) is 3.14. The molecular weight excluding hydrogens is 307 g/mol. The van der Waals surface area contributed by atoms with E-state index in [0.29, 0.717) is 13.1 Å². The maximum atomic E-state index is 13.2. The summed E-state index contributed by atoms with van der Waals surface area (Å²) in [7, 11) is 0. The van der Waals surface area contributed by atoms with Gasteiger partial charge < -0.3 is 10.2 Å². The molecule has 2 fully saturated rings. The first-order chi connectivity index (χ1) is 10.9. The van der Waals surface area contributed by atoms with Gasteiger partial charge in [-0.3, -0.25) is 10.1 Å². The van der Waals surface area contributed by atoms with E-state index in [2.05, 4.69) is 10.6 Å². The van der Waals surface area contributed by atoms with Gasteiger partial charge in [-0.2, -0.15) is 0 Å². The lowest BCUT2D eigenvalue weighted by Crippen LogP contribution is -2.48. The maximum Gasteiger partial charge on any atom is 0.262 e. The Morgan fingerprint density at radius 3 is 2.43 bits per heavy atom. The predicted octanol–water partition coefficient (Wildman–Crippen LogP) is 2.23. The minimum absolute atomic E-state index is 0.197. The van der Waals surface area contributed by atoms with E-state index >= 15 is 0 Å². The van der Waals surface area contributed by atoms with Gasteiger partial charge in [-0.15, -0.1) is 0 Å². The molecule has 0 aliphatic carbocycles. The van der Waals surface area contributed by atoms with Crippen LogP contribution in [0.3, 0.4) is 0 Å². The second-order valence-corrected chi connectivity index (χ2v) is 6.24. The van der Waals surface area contributed by atoms with Gasteiger partial charge in [0.15, 0.2) is 0 Å². The van der Waals surface area contributed by atoms with Crippen molar-refractivity contribution in [1.29, 1.82) is 0 Å². The van der Waals surface area contributed by atoms with Gasteiger partial charge >= 0.3 is 0 Å². The molecule has 0 saturated carbocycles. The van der Waals surface area contributed by atoms with Crippen molar-refractivity contribution in [2.45, 2.75) is 37.3 Å². The molecule has 2 aliphatic rings. The number of nitrogens with one attached hydrogen (secondary N) is 2. The number of alkyl halides is 2.